The number of carbonyl (C=O) groups is 1. The van der Waals surface area contributed by atoms with E-state index in [0.717, 1.165) is 18.9 Å². The molecule has 1 N–H and O–H groups in total. The third kappa shape index (κ3) is 5.63. The predicted octanol–water partition coefficient (Wildman–Crippen LogP) is 4.56. The lowest BCUT2D eigenvalue weighted by atomic mass is 9.97. The number of non-ortho nitro benzene ring substituents is 1. The maximum atomic E-state index is 15.1. The molecule has 0 atom stereocenters. The van der Waals surface area contributed by atoms with Crippen molar-refractivity contribution in [1.29, 1.82) is 0 Å². The largest absolute Gasteiger partial charge is 0.371 e. The van der Waals surface area contributed by atoms with E-state index in [2.05, 4.69) is 22.2 Å². The maximum Gasteiger partial charge on any atom is 0.274 e. The van der Waals surface area contributed by atoms with Gasteiger partial charge in [0.1, 0.15) is 11.6 Å². The lowest BCUT2D eigenvalue weighted by molar-refractivity contribution is -0.385. The van der Waals surface area contributed by atoms with Gasteiger partial charge in [0, 0.05) is 56.8 Å². The van der Waals surface area contributed by atoms with E-state index in [0.29, 0.717) is 24.7 Å². The number of anilines is 3. The molecule has 12 heteroatoms. The number of nitrogens with one attached hydrogen (secondary N) is 1. The molecule has 0 unspecified atom stereocenters. The lowest BCUT2D eigenvalue weighted by Gasteiger charge is -2.33. The quantitative estimate of drug-likeness (QED) is 0.482. The normalized spacial score (nSPS) is 18.4. The topological polar surface area (TPSA) is 104 Å². The molecule has 9 nitrogen and oxygen atoms in total. The highest BCUT2D eigenvalue weighted by molar-refractivity contribution is 6.08. The Morgan fingerprint density at radius 1 is 1.11 bits per heavy atom. The van der Waals surface area contributed by atoms with Crippen LogP contribution in [-0.4, -0.2) is 52.9 Å². The highest BCUT2D eigenvalue weighted by Gasteiger charge is 2.35. The third-order valence-electron chi connectivity index (χ3n) is 6.48. The van der Waals surface area contributed by atoms with Gasteiger partial charge in [-0.2, -0.15) is 4.98 Å². The molecule has 0 aliphatic carbocycles. The molecule has 35 heavy (non-hydrogen) atoms. The summed E-state index contributed by atoms with van der Waals surface area (Å²) in [4.78, 5) is 35.8. The Morgan fingerprint density at radius 3 is 2.40 bits per heavy atom. The number of rotatable bonds is 5. The second-order valence-electron chi connectivity index (χ2n) is 9.24. The zero-order valence-electron chi connectivity index (χ0n) is 19.6. The Hall–Kier alpha value is -3.44. The molecule has 0 bridgehead atoms. The number of nitro groups is 1. The first-order valence-corrected chi connectivity index (χ1v) is 11.5. The number of carbonyl (C=O) groups excluding carboxylic acids is 1. The van der Waals surface area contributed by atoms with E-state index in [-0.39, 0.29) is 48.9 Å². The second kappa shape index (κ2) is 9.67. The first kappa shape index (κ1) is 24.7. The lowest BCUT2D eigenvalue weighted by Crippen LogP contribution is -2.40. The molecule has 3 heterocycles. The summed E-state index contributed by atoms with van der Waals surface area (Å²) in [6.07, 6.45) is 0.985. The van der Waals surface area contributed by atoms with Crippen LogP contribution in [0.1, 0.15) is 48.7 Å². The highest BCUT2D eigenvalue weighted by atomic mass is 19.3. The summed E-state index contributed by atoms with van der Waals surface area (Å²) >= 11 is 0. The van der Waals surface area contributed by atoms with Gasteiger partial charge in [0.05, 0.1) is 22.2 Å². The summed E-state index contributed by atoms with van der Waals surface area (Å²) in [7, 11) is 0. The van der Waals surface area contributed by atoms with Crippen molar-refractivity contribution in [3.63, 3.8) is 0 Å². The van der Waals surface area contributed by atoms with Gasteiger partial charge in [-0.1, -0.05) is 6.92 Å². The van der Waals surface area contributed by atoms with Crippen LogP contribution in [0.4, 0.5) is 36.3 Å². The summed E-state index contributed by atoms with van der Waals surface area (Å²) in [5.41, 5.74) is -0.0854. The summed E-state index contributed by atoms with van der Waals surface area (Å²) < 4.78 is 42.1. The van der Waals surface area contributed by atoms with Crippen LogP contribution >= 0.6 is 0 Å². The molecule has 0 saturated carbocycles. The molecule has 1 amide bonds. The average molecular weight is 493 g/mol. The summed E-state index contributed by atoms with van der Waals surface area (Å²) in [5, 5.41) is 13.9. The molecule has 1 aromatic heterocycles. The van der Waals surface area contributed by atoms with E-state index in [9.17, 15) is 23.7 Å². The number of halogens is 3. The summed E-state index contributed by atoms with van der Waals surface area (Å²) in [6, 6.07) is 3.44. The van der Waals surface area contributed by atoms with Gasteiger partial charge >= 0.3 is 0 Å². The van der Waals surface area contributed by atoms with Gasteiger partial charge in [0.15, 0.2) is 0 Å². The fourth-order valence-electron chi connectivity index (χ4n) is 4.38. The number of nitro benzene ring substituents is 1. The fraction of sp³-hybridized carbons (Fsp3) is 0.522. The molecular weight excluding hydrogens is 465 g/mol. The average Bonchev–Trinajstić information content (AvgIpc) is 2.78. The molecule has 2 aromatic rings. The van der Waals surface area contributed by atoms with E-state index in [1.54, 1.807) is 16.7 Å². The van der Waals surface area contributed by atoms with Crippen molar-refractivity contribution in [2.75, 3.05) is 41.3 Å². The van der Waals surface area contributed by atoms with Crippen molar-refractivity contribution < 1.29 is 22.9 Å². The third-order valence-corrected chi connectivity index (χ3v) is 6.48. The monoisotopic (exact) mass is 492 g/mol. The Balaban J connectivity index is 1.62. The van der Waals surface area contributed by atoms with E-state index < -0.39 is 28.3 Å². The highest BCUT2D eigenvalue weighted by Crippen LogP contribution is 2.33. The van der Waals surface area contributed by atoms with Crippen molar-refractivity contribution >= 4 is 29.0 Å². The van der Waals surface area contributed by atoms with Gasteiger partial charge in [-0.15, -0.1) is 0 Å². The molecule has 2 aliphatic heterocycles. The van der Waals surface area contributed by atoms with Crippen molar-refractivity contribution in [3.05, 3.63) is 45.4 Å². The Labute approximate surface area is 200 Å². The maximum absolute atomic E-state index is 15.1. The molecule has 0 radical (unpaired) electrons. The van der Waals surface area contributed by atoms with Crippen LogP contribution in [0.2, 0.25) is 0 Å². The SMILES string of the molecule is Cc1cc(NC(=O)c2c(F)cc([N+](=O)[O-])cc2N2CCC(C)CC2)nc(N2CCC(F)(F)CC2)n1. The van der Waals surface area contributed by atoms with Crippen LogP contribution in [0.5, 0.6) is 0 Å². The van der Waals surface area contributed by atoms with Crippen LogP contribution < -0.4 is 15.1 Å². The van der Waals surface area contributed by atoms with Crippen molar-refractivity contribution in [3.8, 4) is 0 Å². The van der Waals surface area contributed by atoms with Crippen LogP contribution in [0.3, 0.4) is 0 Å². The number of aryl methyl sites for hydroxylation is 1. The minimum atomic E-state index is -2.73. The van der Waals surface area contributed by atoms with Crippen LogP contribution in [0.25, 0.3) is 0 Å². The van der Waals surface area contributed by atoms with Gasteiger partial charge < -0.3 is 15.1 Å². The number of amides is 1. The molecule has 2 aliphatic rings. The molecule has 2 saturated heterocycles. The summed E-state index contributed by atoms with van der Waals surface area (Å²) in [6.45, 7) is 4.98. The van der Waals surface area contributed by atoms with E-state index in [1.807, 2.05) is 0 Å². The number of nitrogens with zero attached hydrogens (tertiary/aromatic N) is 5. The zero-order chi connectivity index (χ0) is 25.3. The number of aromatic nitrogens is 2. The van der Waals surface area contributed by atoms with Gasteiger partial charge in [-0.25, -0.2) is 18.2 Å². The Kier molecular flexibility index (Phi) is 6.82. The number of piperidine rings is 2. The smallest absolute Gasteiger partial charge is 0.274 e. The molecular formula is C23H27F3N6O3. The fourth-order valence-corrected chi connectivity index (χ4v) is 4.38. The van der Waals surface area contributed by atoms with E-state index >= 15 is 4.39 Å². The van der Waals surface area contributed by atoms with Gasteiger partial charge in [0.2, 0.25) is 5.95 Å². The number of benzene rings is 1. The standard InChI is InChI=1S/C23H27F3N6O3/c1-14-3-7-30(8-4-14)18-13-16(32(34)35)12-17(24)20(18)21(33)28-19-11-15(2)27-22(29-19)31-9-5-23(25,26)6-10-31/h11-14H,3-10H2,1-2H3,(H,27,28,29,33). The Bertz CT molecular complexity index is 1130. The van der Waals surface area contributed by atoms with Crippen molar-refractivity contribution in [2.45, 2.75) is 45.5 Å². The van der Waals surface area contributed by atoms with Crippen LogP contribution in [0, 0.1) is 28.8 Å². The van der Waals surface area contributed by atoms with Gasteiger partial charge in [-0.05, 0) is 25.7 Å². The first-order valence-electron chi connectivity index (χ1n) is 11.5. The Morgan fingerprint density at radius 2 is 1.77 bits per heavy atom. The number of hydrogen-bond donors (Lipinski definition) is 1. The summed E-state index contributed by atoms with van der Waals surface area (Å²) in [5.74, 6) is -3.79. The van der Waals surface area contributed by atoms with E-state index in [4.69, 9.17) is 0 Å². The number of hydrogen-bond acceptors (Lipinski definition) is 7. The number of alkyl halides is 2. The molecule has 1 aromatic carbocycles. The van der Waals surface area contributed by atoms with Crippen molar-refractivity contribution in [2.24, 2.45) is 5.92 Å². The van der Waals surface area contributed by atoms with Gasteiger partial charge in [-0.3, -0.25) is 14.9 Å². The first-order chi connectivity index (χ1) is 16.5. The molecule has 0 spiro atoms. The van der Waals surface area contributed by atoms with Crippen molar-refractivity contribution in [1.82, 2.24) is 9.97 Å². The molecule has 4 rings (SSSR count). The van der Waals surface area contributed by atoms with Crippen LogP contribution in [-0.2, 0) is 0 Å². The predicted molar refractivity (Wildman–Crippen MR) is 125 cm³/mol. The second-order valence-corrected chi connectivity index (χ2v) is 9.24. The molecule has 2 fully saturated rings. The van der Waals surface area contributed by atoms with E-state index in [1.165, 1.54) is 12.1 Å². The molecule has 188 valence electrons. The van der Waals surface area contributed by atoms with Gasteiger partial charge in [0.25, 0.3) is 17.5 Å². The van der Waals surface area contributed by atoms with Crippen LogP contribution in [0.15, 0.2) is 18.2 Å². The minimum Gasteiger partial charge on any atom is -0.371 e. The minimum absolute atomic E-state index is 0.0678. The zero-order valence-corrected chi connectivity index (χ0v) is 19.6.